The minimum atomic E-state index is -0.551. The number of likely N-dealkylation sites (tertiary alicyclic amines) is 1. The van der Waals surface area contributed by atoms with Crippen LogP contribution < -0.4 is 10.5 Å². The fraction of sp³-hybridized carbons (Fsp3) is 0.316. The van der Waals surface area contributed by atoms with Gasteiger partial charge < -0.3 is 15.4 Å². The molecular weight excluding hydrogens is 402 g/mol. The summed E-state index contributed by atoms with van der Waals surface area (Å²) >= 11 is 1.37. The quantitative estimate of drug-likeness (QED) is 0.450. The van der Waals surface area contributed by atoms with Gasteiger partial charge in [-0.15, -0.1) is 24.2 Å². The summed E-state index contributed by atoms with van der Waals surface area (Å²) in [5, 5.41) is 11.5. The molecule has 0 bridgehead atoms. The Labute approximate surface area is 173 Å². The fourth-order valence-corrected chi connectivity index (χ4v) is 3.99. The van der Waals surface area contributed by atoms with Crippen LogP contribution >= 0.6 is 24.2 Å². The maximum absolute atomic E-state index is 13.1. The van der Waals surface area contributed by atoms with Crippen LogP contribution in [0, 0.1) is 10.1 Å². The third kappa shape index (κ3) is 4.24. The lowest BCUT2D eigenvalue weighted by molar-refractivity contribution is -0.385. The standard InChI is InChI=1S/C19H21N3O4S.ClH/c1-26-17-9-16(22(24)25)13(8-18(17)27-2)19(23)21-10-14(15(20)11-21)12-6-4-3-5-7-12;/h3-9,14-15H,10-11,20H2,1-2H3;1H/t14-,15+;/m0./s1. The Hall–Kier alpha value is -2.29. The number of hydrogen-bond donors (Lipinski definition) is 1. The number of amides is 1. The summed E-state index contributed by atoms with van der Waals surface area (Å²) in [4.78, 5) is 26.3. The van der Waals surface area contributed by atoms with E-state index in [-0.39, 0.29) is 41.5 Å². The van der Waals surface area contributed by atoms with Crippen molar-refractivity contribution in [3.63, 3.8) is 0 Å². The van der Waals surface area contributed by atoms with Gasteiger partial charge in [0.25, 0.3) is 11.6 Å². The Morgan fingerprint density at radius 3 is 2.54 bits per heavy atom. The van der Waals surface area contributed by atoms with E-state index in [1.165, 1.54) is 31.0 Å². The van der Waals surface area contributed by atoms with Crippen LogP contribution in [0.5, 0.6) is 5.75 Å². The van der Waals surface area contributed by atoms with Gasteiger partial charge in [-0.05, 0) is 17.9 Å². The minimum absolute atomic E-state index is 0. The van der Waals surface area contributed by atoms with Gasteiger partial charge in [-0.25, -0.2) is 0 Å². The molecule has 0 spiro atoms. The zero-order valence-corrected chi connectivity index (χ0v) is 17.2. The number of rotatable bonds is 5. The first-order chi connectivity index (χ1) is 13.0. The van der Waals surface area contributed by atoms with Crippen molar-refractivity contribution in [2.75, 3.05) is 26.5 Å². The number of nitrogens with zero attached hydrogens (tertiary/aromatic N) is 2. The number of ether oxygens (including phenoxy) is 1. The van der Waals surface area contributed by atoms with E-state index >= 15 is 0 Å². The van der Waals surface area contributed by atoms with Gasteiger partial charge in [0.2, 0.25) is 0 Å². The maximum atomic E-state index is 13.1. The van der Waals surface area contributed by atoms with E-state index in [2.05, 4.69) is 0 Å². The summed E-state index contributed by atoms with van der Waals surface area (Å²) in [5.41, 5.74) is 7.13. The molecule has 1 heterocycles. The smallest absolute Gasteiger partial charge is 0.285 e. The van der Waals surface area contributed by atoms with E-state index < -0.39 is 4.92 Å². The zero-order chi connectivity index (χ0) is 19.6. The Morgan fingerprint density at radius 2 is 1.96 bits per heavy atom. The van der Waals surface area contributed by atoms with E-state index in [0.717, 1.165) is 5.56 Å². The largest absolute Gasteiger partial charge is 0.495 e. The first kappa shape index (κ1) is 22.0. The second kappa shape index (κ2) is 9.27. The first-order valence-electron chi connectivity index (χ1n) is 8.46. The number of carbonyl (C=O) groups excluding carboxylic acids is 1. The summed E-state index contributed by atoms with van der Waals surface area (Å²) < 4.78 is 5.21. The van der Waals surface area contributed by atoms with Gasteiger partial charge in [-0.1, -0.05) is 30.3 Å². The van der Waals surface area contributed by atoms with E-state index in [4.69, 9.17) is 10.5 Å². The van der Waals surface area contributed by atoms with Gasteiger partial charge in [0.05, 0.1) is 23.0 Å². The molecule has 150 valence electrons. The summed E-state index contributed by atoms with van der Waals surface area (Å²) in [5.74, 6) is 0.00652. The number of nitro benzene ring substituents is 1. The summed E-state index contributed by atoms with van der Waals surface area (Å²) in [6.07, 6.45) is 1.83. The van der Waals surface area contributed by atoms with Crippen LogP contribution in [0.15, 0.2) is 47.4 Å². The third-order valence-corrected chi connectivity index (χ3v) is 5.57. The molecule has 0 saturated carbocycles. The van der Waals surface area contributed by atoms with Crippen LogP contribution in [0.4, 0.5) is 5.69 Å². The minimum Gasteiger partial charge on any atom is -0.495 e. The highest BCUT2D eigenvalue weighted by atomic mass is 35.5. The summed E-state index contributed by atoms with van der Waals surface area (Å²) in [7, 11) is 1.45. The van der Waals surface area contributed by atoms with Gasteiger partial charge in [-0.2, -0.15) is 0 Å². The molecule has 1 saturated heterocycles. The number of nitrogens with two attached hydrogens (primary N) is 1. The molecule has 0 radical (unpaired) electrons. The molecule has 2 N–H and O–H groups in total. The highest BCUT2D eigenvalue weighted by molar-refractivity contribution is 7.98. The molecule has 1 fully saturated rings. The molecule has 1 aliphatic heterocycles. The topological polar surface area (TPSA) is 98.7 Å². The normalized spacial score (nSPS) is 18.5. The van der Waals surface area contributed by atoms with Crippen molar-refractivity contribution in [3.05, 3.63) is 63.7 Å². The van der Waals surface area contributed by atoms with Gasteiger partial charge in [0.1, 0.15) is 11.3 Å². The number of carbonyl (C=O) groups is 1. The van der Waals surface area contributed by atoms with Crippen molar-refractivity contribution in [2.45, 2.75) is 16.9 Å². The highest BCUT2D eigenvalue weighted by Gasteiger charge is 2.36. The molecule has 0 unspecified atom stereocenters. The van der Waals surface area contributed by atoms with Gasteiger partial charge in [-0.3, -0.25) is 14.9 Å². The van der Waals surface area contributed by atoms with Crippen molar-refractivity contribution >= 4 is 35.8 Å². The summed E-state index contributed by atoms with van der Waals surface area (Å²) in [6.45, 7) is 0.790. The van der Waals surface area contributed by atoms with Gasteiger partial charge in [0, 0.05) is 25.0 Å². The number of benzene rings is 2. The van der Waals surface area contributed by atoms with Crippen LogP contribution in [-0.4, -0.2) is 48.2 Å². The number of halogens is 1. The molecule has 7 nitrogen and oxygen atoms in total. The Bertz CT molecular complexity index is 866. The van der Waals surface area contributed by atoms with Crippen LogP contribution in [0.2, 0.25) is 0 Å². The monoisotopic (exact) mass is 423 g/mol. The molecule has 9 heteroatoms. The van der Waals surface area contributed by atoms with Crippen molar-refractivity contribution in [1.82, 2.24) is 4.90 Å². The average molecular weight is 424 g/mol. The Kier molecular flexibility index (Phi) is 7.29. The third-order valence-electron chi connectivity index (χ3n) is 4.81. The summed E-state index contributed by atoms with van der Waals surface area (Å²) in [6, 6.07) is 12.4. The molecule has 3 rings (SSSR count). The second-order valence-electron chi connectivity index (χ2n) is 6.37. The Balaban J connectivity index is 0.00000280. The van der Waals surface area contributed by atoms with Crippen LogP contribution in [0.1, 0.15) is 21.8 Å². The number of hydrogen-bond acceptors (Lipinski definition) is 6. The van der Waals surface area contributed by atoms with Crippen molar-refractivity contribution in [1.29, 1.82) is 0 Å². The zero-order valence-electron chi connectivity index (χ0n) is 15.5. The highest BCUT2D eigenvalue weighted by Crippen LogP contribution is 2.36. The van der Waals surface area contributed by atoms with Crippen molar-refractivity contribution in [3.8, 4) is 5.75 Å². The Morgan fingerprint density at radius 1 is 1.29 bits per heavy atom. The molecule has 2 atom stereocenters. The lowest BCUT2D eigenvalue weighted by Crippen LogP contribution is -2.32. The average Bonchev–Trinajstić information content (AvgIpc) is 3.08. The molecule has 2 aromatic carbocycles. The SMILES string of the molecule is COc1cc([N+](=O)[O-])c(C(=O)N2C[C@@H](N)[C@H](c3ccccc3)C2)cc1SC.Cl. The maximum Gasteiger partial charge on any atom is 0.285 e. The van der Waals surface area contributed by atoms with Crippen LogP contribution in [0.25, 0.3) is 0 Å². The van der Waals surface area contributed by atoms with E-state index in [9.17, 15) is 14.9 Å². The van der Waals surface area contributed by atoms with Gasteiger partial charge >= 0.3 is 0 Å². The van der Waals surface area contributed by atoms with Crippen molar-refractivity contribution in [2.24, 2.45) is 5.73 Å². The molecular formula is C19H22ClN3O4S. The van der Waals surface area contributed by atoms with Crippen molar-refractivity contribution < 1.29 is 14.5 Å². The molecule has 0 aromatic heterocycles. The molecule has 28 heavy (non-hydrogen) atoms. The number of nitro groups is 1. The van der Waals surface area contributed by atoms with Crippen LogP contribution in [0.3, 0.4) is 0 Å². The predicted molar refractivity (Wildman–Crippen MR) is 112 cm³/mol. The first-order valence-corrected chi connectivity index (χ1v) is 9.69. The second-order valence-corrected chi connectivity index (χ2v) is 7.22. The lowest BCUT2D eigenvalue weighted by atomic mass is 9.95. The van der Waals surface area contributed by atoms with E-state index in [0.29, 0.717) is 23.7 Å². The molecule has 0 aliphatic carbocycles. The molecule has 2 aromatic rings. The number of thioether (sulfide) groups is 1. The van der Waals surface area contributed by atoms with Gasteiger partial charge in [0.15, 0.2) is 0 Å². The predicted octanol–water partition coefficient (Wildman–Crippen LogP) is 3.31. The lowest BCUT2D eigenvalue weighted by Gasteiger charge is -2.17. The molecule has 1 amide bonds. The van der Waals surface area contributed by atoms with E-state index in [1.807, 2.05) is 36.6 Å². The number of methoxy groups -OCH3 is 1. The fourth-order valence-electron chi connectivity index (χ4n) is 3.41. The van der Waals surface area contributed by atoms with E-state index in [1.54, 1.807) is 4.90 Å². The molecule has 1 aliphatic rings. The van der Waals surface area contributed by atoms with Crippen LogP contribution in [-0.2, 0) is 0 Å².